The zero-order valence-electron chi connectivity index (χ0n) is 14.8. The molecular weight excluding hydrogens is 367 g/mol. The first-order valence-corrected chi connectivity index (χ1v) is 9.66. The Kier molecular flexibility index (Phi) is 4.00. The average molecular weight is 387 g/mol. The molecule has 2 aromatic carbocycles. The number of hydrogen-bond acceptors (Lipinski definition) is 3. The largest absolute Gasteiger partial charge is 0.344 e. The lowest BCUT2D eigenvalue weighted by Gasteiger charge is -2.32. The molecule has 0 bridgehead atoms. The molecule has 1 spiro atoms. The molecule has 1 amide bonds. The van der Waals surface area contributed by atoms with Crippen LogP contribution in [-0.2, 0) is 16.1 Å². The van der Waals surface area contributed by atoms with E-state index in [0.29, 0.717) is 24.5 Å². The Morgan fingerprint density at radius 3 is 2.85 bits per heavy atom. The highest BCUT2D eigenvalue weighted by molar-refractivity contribution is 6.31. The standard InChI is InChI=1S/C21H20ClFN2O2/c22-17-7-6-16(23)10-15(17)12-24-9-8-21-19(24)11-20(26)25(21)13-18(27-21)14-4-2-1-3-5-14/h1-7,10,18-19H,8-9,11-13H2/t18-,19-,21+/m1/s1. The molecule has 3 saturated heterocycles. The summed E-state index contributed by atoms with van der Waals surface area (Å²) in [5.74, 6) is -0.165. The van der Waals surface area contributed by atoms with Crippen LogP contribution in [-0.4, -0.2) is 40.6 Å². The second-order valence-electron chi connectivity index (χ2n) is 7.54. The summed E-state index contributed by atoms with van der Waals surface area (Å²) < 4.78 is 20.2. The van der Waals surface area contributed by atoms with Gasteiger partial charge < -0.3 is 9.64 Å². The van der Waals surface area contributed by atoms with E-state index in [-0.39, 0.29) is 23.9 Å². The maximum Gasteiger partial charge on any atom is 0.226 e. The van der Waals surface area contributed by atoms with Crippen LogP contribution in [0.3, 0.4) is 0 Å². The summed E-state index contributed by atoms with van der Waals surface area (Å²) in [5, 5.41) is 0.549. The Hall–Kier alpha value is -1.95. The van der Waals surface area contributed by atoms with Crippen molar-refractivity contribution in [2.75, 3.05) is 13.1 Å². The molecule has 140 valence electrons. The molecule has 3 aliphatic heterocycles. The van der Waals surface area contributed by atoms with E-state index in [1.807, 2.05) is 35.2 Å². The van der Waals surface area contributed by atoms with Gasteiger partial charge in [0.1, 0.15) is 11.9 Å². The fraction of sp³-hybridized carbons (Fsp3) is 0.381. The fourth-order valence-corrected chi connectivity index (χ4v) is 5.00. The van der Waals surface area contributed by atoms with Crippen LogP contribution in [0, 0.1) is 5.82 Å². The second-order valence-corrected chi connectivity index (χ2v) is 7.95. The van der Waals surface area contributed by atoms with Gasteiger partial charge in [-0.2, -0.15) is 0 Å². The summed E-state index contributed by atoms with van der Waals surface area (Å²) in [6, 6.07) is 14.4. The highest BCUT2D eigenvalue weighted by Gasteiger charge is 2.63. The van der Waals surface area contributed by atoms with Crippen LogP contribution in [0.25, 0.3) is 0 Å². The van der Waals surface area contributed by atoms with E-state index in [2.05, 4.69) is 4.90 Å². The number of ether oxygens (including phenoxy) is 1. The topological polar surface area (TPSA) is 32.8 Å². The Labute approximate surface area is 162 Å². The molecule has 27 heavy (non-hydrogen) atoms. The lowest BCUT2D eigenvalue weighted by Crippen LogP contribution is -2.47. The average Bonchev–Trinajstić information content (AvgIpc) is 3.29. The number of benzene rings is 2. The van der Waals surface area contributed by atoms with Crippen molar-refractivity contribution in [3.05, 3.63) is 70.5 Å². The molecule has 3 heterocycles. The second kappa shape index (κ2) is 6.30. The number of nitrogens with zero attached hydrogens (tertiary/aromatic N) is 2. The Balaban J connectivity index is 1.41. The molecular formula is C21H20ClFN2O2. The van der Waals surface area contributed by atoms with E-state index >= 15 is 0 Å². The third-order valence-corrected chi connectivity index (χ3v) is 6.46. The van der Waals surface area contributed by atoms with Crippen molar-refractivity contribution in [2.45, 2.75) is 37.3 Å². The van der Waals surface area contributed by atoms with Gasteiger partial charge in [-0.15, -0.1) is 0 Å². The number of halogens is 2. The van der Waals surface area contributed by atoms with E-state index in [0.717, 1.165) is 24.1 Å². The van der Waals surface area contributed by atoms with E-state index in [9.17, 15) is 9.18 Å². The van der Waals surface area contributed by atoms with E-state index in [1.54, 1.807) is 6.07 Å². The molecule has 4 nitrogen and oxygen atoms in total. The monoisotopic (exact) mass is 386 g/mol. The Morgan fingerprint density at radius 1 is 1.22 bits per heavy atom. The molecule has 5 rings (SSSR count). The number of likely N-dealkylation sites (tertiary alicyclic amines) is 1. The zero-order chi connectivity index (χ0) is 18.6. The smallest absolute Gasteiger partial charge is 0.226 e. The van der Waals surface area contributed by atoms with Crippen molar-refractivity contribution < 1.29 is 13.9 Å². The fourth-order valence-electron chi connectivity index (χ4n) is 4.82. The number of carbonyl (C=O) groups is 1. The summed E-state index contributed by atoms with van der Waals surface area (Å²) in [6.07, 6.45) is 1.10. The predicted octanol–water partition coefficient (Wildman–Crippen LogP) is 3.75. The molecule has 0 radical (unpaired) electrons. The van der Waals surface area contributed by atoms with Gasteiger partial charge in [0.25, 0.3) is 0 Å². The van der Waals surface area contributed by atoms with Gasteiger partial charge in [0.2, 0.25) is 5.91 Å². The highest BCUT2D eigenvalue weighted by atomic mass is 35.5. The van der Waals surface area contributed by atoms with Crippen LogP contribution >= 0.6 is 11.6 Å². The maximum absolute atomic E-state index is 13.6. The summed E-state index contributed by atoms with van der Waals surface area (Å²) in [4.78, 5) is 16.8. The van der Waals surface area contributed by atoms with E-state index in [4.69, 9.17) is 16.3 Å². The van der Waals surface area contributed by atoms with E-state index in [1.165, 1.54) is 12.1 Å². The third kappa shape index (κ3) is 2.68. The highest BCUT2D eigenvalue weighted by Crippen LogP contribution is 2.51. The summed E-state index contributed by atoms with van der Waals surface area (Å²) >= 11 is 6.26. The summed E-state index contributed by atoms with van der Waals surface area (Å²) in [7, 11) is 0. The molecule has 3 atom stereocenters. The third-order valence-electron chi connectivity index (χ3n) is 6.09. The number of rotatable bonds is 3. The minimum atomic E-state index is -0.572. The molecule has 0 aliphatic carbocycles. The first-order chi connectivity index (χ1) is 13.1. The van der Waals surface area contributed by atoms with Gasteiger partial charge in [-0.1, -0.05) is 41.9 Å². The van der Waals surface area contributed by atoms with Crippen LogP contribution in [0.2, 0.25) is 5.02 Å². The van der Waals surface area contributed by atoms with Gasteiger partial charge in [0.15, 0.2) is 5.72 Å². The van der Waals surface area contributed by atoms with Gasteiger partial charge in [0.05, 0.1) is 12.6 Å². The summed E-state index contributed by atoms with van der Waals surface area (Å²) in [5.41, 5.74) is 1.27. The minimum absolute atomic E-state index is 0.0296. The Morgan fingerprint density at radius 2 is 2.04 bits per heavy atom. The first kappa shape index (κ1) is 17.2. The molecule has 0 aromatic heterocycles. The molecule has 0 N–H and O–H groups in total. The molecule has 6 heteroatoms. The molecule has 0 unspecified atom stereocenters. The minimum Gasteiger partial charge on any atom is -0.344 e. The normalized spacial score (nSPS) is 30.0. The molecule has 3 aliphatic rings. The van der Waals surface area contributed by atoms with Crippen LogP contribution in [0.1, 0.15) is 30.1 Å². The van der Waals surface area contributed by atoms with Crippen molar-refractivity contribution >= 4 is 17.5 Å². The van der Waals surface area contributed by atoms with Crippen molar-refractivity contribution in [3.63, 3.8) is 0 Å². The summed E-state index contributed by atoms with van der Waals surface area (Å²) in [6.45, 7) is 1.90. The lowest BCUT2D eigenvalue weighted by atomic mass is 10.1. The van der Waals surface area contributed by atoms with Crippen molar-refractivity contribution in [1.29, 1.82) is 0 Å². The van der Waals surface area contributed by atoms with Gasteiger partial charge in [-0.25, -0.2) is 4.39 Å². The number of hydrogen-bond donors (Lipinski definition) is 0. The lowest BCUT2D eigenvalue weighted by molar-refractivity contribution is -0.138. The molecule has 0 saturated carbocycles. The van der Waals surface area contributed by atoms with Crippen molar-refractivity contribution in [1.82, 2.24) is 9.80 Å². The Bertz CT molecular complexity index is 893. The number of carbonyl (C=O) groups excluding carboxylic acids is 1. The van der Waals surface area contributed by atoms with Crippen LogP contribution in [0.15, 0.2) is 48.5 Å². The zero-order valence-corrected chi connectivity index (χ0v) is 15.5. The van der Waals surface area contributed by atoms with Gasteiger partial charge in [0, 0.05) is 31.0 Å². The van der Waals surface area contributed by atoms with Gasteiger partial charge >= 0.3 is 0 Å². The number of amides is 1. The maximum atomic E-state index is 13.6. The molecule has 2 aromatic rings. The van der Waals surface area contributed by atoms with Gasteiger partial charge in [-0.05, 0) is 29.3 Å². The van der Waals surface area contributed by atoms with Crippen molar-refractivity contribution in [3.8, 4) is 0 Å². The van der Waals surface area contributed by atoms with Crippen LogP contribution in [0.4, 0.5) is 4.39 Å². The molecule has 3 fully saturated rings. The van der Waals surface area contributed by atoms with Crippen LogP contribution in [0.5, 0.6) is 0 Å². The SMILES string of the molecule is O=C1C[C@H]2N(Cc3cc(F)ccc3Cl)CC[C@]23O[C@@H](c2ccccc2)CN13. The quantitative estimate of drug-likeness (QED) is 0.805. The first-order valence-electron chi connectivity index (χ1n) is 9.28. The van der Waals surface area contributed by atoms with Gasteiger partial charge in [-0.3, -0.25) is 9.69 Å². The predicted molar refractivity (Wildman–Crippen MR) is 99.6 cm³/mol. The van der Waals surface area contributed by atoms with Crippen LogP contribution < -0.4 is 0 Å². The van der Waals surface area contributed by atoms with E-state index < -0.39 is 5.72 Å². The van der Waals surface area contributed by atoms with Crippen molar-refractivity contribution in [2.24, 2.45) is 0 Å².